The molecule has 4 heteroatoms. The van der Waals surface area contributed by atoms with E-state index in [0.29, 0.717) is 11.6 Å². The third-order valence-corrected chi connectivity index (χ3v) is 2.38. The zero-order valence-corrected chi connectivity index (χ0v) is 9.31. The minimum Gasteiger partial charge on any atom is -0.508 e. The second kappa shape index (κ2) is 4.31. The zero-order valence-electron chi connectivity index (χ0n) is 7.72. The molecule has 1 heterocycles. The Hall–Kier alpha value is -1.55. The summed E-state index contributed by atoms with van der Waals surface area (Å²) in [6.07, 6.45) is 1.65. The molecule has 0 aliphatic heterocycles. The van der Waals surface area contributed by atoms with E-state index in [-0.39, 0.29) is 5.75 Å². The average Bonchev–Trinajstić information content (AvgIpc) is 2.25. The SMILES string of the molecule is Oc1ccc(Oc2ncccc2Br)cc1. The summed E-state index contributed by atoms with van der Waals surface area (Å²) < 4.78 is 6.28. The fourth-order valence-electron chi connectivity index (χ4n) is 1.07. The van der Waals surface area contributed by atoms with Crippen molar-refractivity contribution in [2.45, 2.75) is 0 Å². The van der Waals surface area contributed by atoms with Gasteiger partial charge < -0.3 is 9.84 Å². The van der Waals surface area contributed by atoms with E-state index >= 15 is 0 Å². The van der Waals surface area contributed by atoms with E-state index < -0.39 is 0 Å². The number of aromatic hydroxyl groups is 1. The van der Waals surface area contributed by atoms with Gasteiger partial charge in [0, 0.05) is 6.20 Å². The summed E-state index contributed by atoms with van der Waals surface area (Å²) in [5, 5.41) is 9.10. The Morgan fingerprint density at radius 3 is 2.53 bits per heavy atom. The lowest BCUT2D eigenvalue weighted by Gasteiger charge is -2.05. The molecule has 1 aromatic carbocycles. The van der Waals surface area contributed by atoms with Crippen LogP contribution in [0, 0.1) is 0 Å². The van der Waals surface area contributed by atoms with Gasteiger partial charge in [-0.2, -0.15) is 0 Å². The summed E-state index contributed by atoms with van der Waals surface area (Å²) >= 11 is 3.33. The summed E-state index contributed by atoms with van der Waals surface area (Å²) in [5.74, 6) is 1.35. The van der Waals surface area contributed by atoms with Crippen LogP contribution < -0.4 is 4.74 Å². The summed E-state index contributed by atoms with van der Waals surface area (Å²) in [5.41, 5.74) is 0. The highest BCUT2D eigenvalue weighted by Gasteiger charge is 2.02. The van der Waals surface area contributed by atoms with E-state index in [4.69, 9.17) is 9.84 Å². The van der Waals surface area contributed by atoms with E-state index in [9.17, 15) is 0 Å². The average molecular weight is 266 g/mol. The van der Waals surface area contributed by atoms with Gasteiger partial charge in [-0.15, -0.1) is 0 Å². The van der Waals surface area contributed by atoms with Crippen LogP contribution in [0.5, 0.6) is 17.4 Å². The van der Waals surface area contributed by atoms with E-state index in [1.165, 1.54) is 0 Å². The van der Waals surface area contributed by atoms with Crippen molar-refractivity contribution >= 4 is 15.9 Å². The maximum Gasteiger partial charge on any atom is 0.233 e. The number of nitrogens with zero attached hydrogens (tertiary/aromatic N) is 1. The highest BCUT2D eigenvalue weighted by atomic mass is 79.9. The summed E-state index contributed by atoms with van der Waals surface area (Å²) in [6, 6.07) is 10.1. The number of hydrogen-bond donors (Lipinski definition) is 1. The third kappa shape index (κ3) is 2.47. The molecule has 15 heavy (non-hydrogen) atoms. The van der Waals surface area contributed by atoms with Gasteiger partial charge in [-0.1, -0.05) is 0 Å². The lowest BCUT2D eigenvalue weighted by Crippen LogP contribution is -1.87. The van der Waals surface area contributed by atoms with Crippen LogP contribution in [-0.4, -0.2) is 10.1 Å². The van der Waals surface area contributed by atoms with Crippen LogP contribution in [0.25, 0.3) is 0 Å². The Morgan fingerprint density at radius 1 is 1.13 bits per heavy atom. The molecule has 2 rings (SSSR count). The van der Waals surface area contributed by atoms with Crippen LogP contribution in [-0.2, 0) is 0 Å². The van der Waals surface area contributed by atoms with Crippen LogP contribution in [0.4, 0.5) is 0 Å². The van der Waals surface area contributed by atoms with E-state index in [0.717, 1.165) is 4.47 Å². The number of ether oxygens (including phenoxy) is 1. The predicted octanol–water partition coefficient (Wildman–Crippen LogP) is 3.34. The van der Waals surface area contributed by atoms with Gasteiger partial charge in [-0.3, -0.25) is 0 Å². The van der Waals surface area contributed by atoms with Gasteiger partial charge in [0.2, 0.25) is 5.88 Å². The van der Waals surface area contributed by atoms with Gasteiger partial charge in [0.05, 0.1) is 4.47 Å². The summed E-state index contributed by atoms with van der Waals surface area (Å²) in [7, 11) is 0. The van der Waals surface area contributed by atoms with Crippen LogP contribution in [0.3, 0.4) is 0 Å². The molecule has 0 amide bonds. The van der Waals surface area contributed by atoms with E-state index in [2.05, 4.69) is 20.9 Å². The number of hydrogen-bond acceptors (Lipinski definition) is 3. The Labute approximate surface area is 95.5 Å². The molecule has 0 aliphatic carbocycles. The molecule has 2 aromatic rings. The number of benzene rings is 1. The highest BCUT2D eigenvalue weighted by molar-refractivity contribution is 9.10. The number of phenolic OH excluding ortho intramolecular Hbond substituents is 1. The second-order valence-corrected chi connectivity index (χ2v) is 3.74. The van der Waals surface area contributed by atoms with Crippen molar-refractivity contribution in [1.29, 1.82) is 0 Å². The van der Waals surface area contributed by atoms with Gasteiger partial charge in [-0.25, -0.2) is 4.98 Å². The first-order valence-corrected chi connectivity index (χ1v) is 5.12. The standard InChI is InChI=1S/C11H8BrNO2/c12-10-2-1-7-13-11(10)15-9-5-3-8(14)4-6-9/h1-7,14H. The lowest BCUT2D eigenvalue weighted by molar-refractivity contribution is 0.452. The largest absolute Gasteiger partial charge is 0.508 e. The van der Waals surface area contributed by atoms with Crippen molar-refractivity contribution in [3.8, 4) is 17.4 Å². The fourth-order valence-corrected chi connectivity index (χ4v) is 1.41. The Morgan fingerprint density at radius 2 is 1.87 bits per heavy atom. The number of aromatic nitrogens is 1. The first-order valence-electron chi connectivity index (χ1n) is 4.33. The van der Waals surface area contributed by atoms with Crippen molar-refractivity contribution in [3.05, 3.63) is 47.1 Å². The third-order valence-electron chi connectivity index (χ3n) is 1.78. The van der Waals surface area contributed by atoms with E-state index in [1.54, 1.807) is 30.5 Å². The van der Waals surface area contributed by atoms with Gasteiger partial charge in [0.15, 0.2) is 0 Å². The van der Waals surface area contributed by atoms with E-state index in [1.807, 2.05) is 12.1 Å². The Kier molecular flexibility index (Phi) is 2.87. The summed E-state index contributed by atoms with van der Waals surface area (Å²) in [6.45, 7) is 0. The summed E-state index contributed by atoms with van der Waals surface area (Å²) in [4.78, 5) is 4.06. The normalized spacial score (nSPS) is 9.93. The van der Waals surface area contributed by atoms with Crippen molar-refractivity contribution in [2.75, 3.05) is 0 Å². The first-order chi connectivity index (χ1) is 7.25. The van der Waals surface area contributed by atoms with Crippen molar-refractivity contribution < 1.29 is 9.84 Å². The quantitative estimate of drug-likeness (QED) is 0.906. The molecule has 0 unspecified atom stereocenters. The van der Waals surface area contributed by atoms with Gasteiger partial charge in [0.25, 0.3) is 0 Å². The minimum atomic E-state index is 0.211. The number of rotatable bonds is 2. The second-order valence-electron chi connectivity index (χ2n) is 2.89. The molecule has 0 fully saturated rings. The van der Waals surface area contributed by atoms with Crippen molar-refractivity contribution in [1.82, 2.24) is 4.98 Å². The molecule has 76 valence electrons. The molecule has 3 nitrogen and oxygen atoms in total. The van der Waals surface area contributed by atoms with Crippen molar-refractivity contribution in [2.24, 2.45) is 0 Å². The fraction of sp³-hybridized carbons (Fsp3) is 0. The van der Waals surface area contributed by atoms with Crippen molar-refractivity contribution in [3.63, 3.8) is 0 Å². The maximum atomic E-state index is 9.10. The topological polar surface area (TPSA) is 42.4 Å². The Bertz CT molecular complexity index is 456. The molecule has 0 atom stereocenters. The van der Waals surface area contributed by atoms with Gasteiger partial charge >= 0.3 is 0 Å². The zero-order chi connectivity index (χ0) is 10.7. The predicted molar refractivity (Wildman–Crippen MR) is 60.1 cm³/mol. The molecule has 0 radical (unpaired) electrons. The minimum absolute atomic E-state index is 0.211. The Balaban J connectivity index is 2.22. The molecule has 0 saturated heterocycles. The maximum absolute atomic E-state index is 9.10. The highest BCUT2D eigenvalue weighted by Crippen LogP contribution is 2.27. The van der Waals surface area contributed by atoms with Crippen LogP contribution in [0.1, 0.15) is 0 Å². The number of halogens is 1. The molecular weight excluding hydrogens is 258 g/mol. The smallest absolute Gasteiger partial charge is 0.233 e. The van der Waals surface area contributed by atoms with Crippen LogP contribution >= 0.6 is 15.9 Å². The van der Waals surface area contributed by atoms with Crippen LogP contribution in [0.2, 0.25) is 0 Å². The first kappa shape index (κ1) is 9.98. The molecular formula is C11H8BrNO2. The molecule has 1 aromatic heterocycles. The molecule has 0 aliphatic rings. The molecule has 0 bridgehead atoms. The molecule has 0 saturated carbocycles. The molecule has 0 spiro atoms. The lowest BCUT2D eigenvalue weighted by atomic mass is 10.3. The van der Waals surface area contributed by atoms with Gasteiger partial charge in [0.1, 0.15) is 11.5 Å². The number of phenols is 1. The number of pyridine rings is 1. The molecule has 1 N–H and O–H groups in total. The monoisotopic (exact) mass is 265 g/mol. The van der Waals surface area contributed by atoms with Crippen LogP contribution in [0.15, 0.2) is 47.1 Å². The van der Waals surface area contributed by atoms with Gasteiger partial charge in [-0.05, 0) is 52.3 Å².